The topological polar surface area (TPSA) is 90.0 Å². The van der Waals surface area contributed by atoms with Crippen LogP contribution in [0.3, 0.4) is 0 Å². The normalized spacial score (nSPS) is 11.2. The number of hydrogen-bond donors (Lipinski definition) is 2. The molecule has 0 saturated heterocycles. The summed E-state index contributed by atoms with van der Waals surface area (Å²) in [6.45, 7) is 3.11. The lowest BCUT2D eigenvalue weighted by molar-refractivity contribution is -0.122. The van der Waals surface area contributed by atoms with Crippen LogP contribution >= 0.6 is 0 Å². The summed E-state index contributed by atoms with van der Waals surface area (Å²) in [6, 6.07) is 20.9. The molecule has 6 heteroatoms. The van der Waals surface area contributed by atoms with Gasteiger partial charge in [-0.25, -0.2) is 4.68 Å². The van der Waals surface area contributed by atoms with Gasteiger partial charge in [-0.15, -0.1) is 0 Å². The fourth-order valence-corrected chi connectivity index (χ4v) is 2.48. The molecule has 1 aromatic heterocycles. The molecule has 6 nitrogen and oxygen atoms in total. The van der Waals surface area contributed by atoms with Gasteiger partial charge in [-0.05, 0) is 32.0 Å². The van der Waals surface area contributed by atoms with Gasteiger partial charge in [0.15, 0.2) is 5.69 Å². The summed E-state index contributed by atoms with van der Waals surface area (Å²) in [4.78, 5) is 24.1. The quantitative estimate of drug-likeness (QED) is 0.742. The molecule has 2 amide bonds. The summed E-state index contributed by atoms with van der Waals surface area (Å²) in [5, 5.41) is 7.08. The molecule has 3 aromatic rings. The first-order chi connectivity index (χ1) is 12.4. The molecule has 0 fully saturated rings. The first kappa shape index (κ1) is 17.4. The van der Waals surface area contributed by atoms with E-state index in [2.05, 4.69) is 10.4 Å². The Hall–Kier alpha value is -3.41. The van der Waals surface area contributed by atoms with Crippen molar-refractivity contribution in [2.75, 3.05) is 0 Å². The van der Waals surface area contributed by atoms with Gasteiger partial charge in [0.25, 0.3) is 5.91 Å². The van der Waals surface area contributed by atoms with Crippen LogP contribution in [0, 0.1) is 0 Å². The number of rotatable bonds is 5. The highest BCUT2D eigenvalue weighted by molar-refractivity contribution is 5.98. The first-order valence-electron chi connectivity index (χ1n) is 8.22. The fraction of sp³-hybridized carbons (Fsp3) is 0.150. The van der Waals surface area contributed by atoms with Crippen LogP contribution in [0.2, 0.25) is 0 Å². The lowest BCUT2D eigenvalue weighted by Gasteiger charge is -2.21. The number of carbonyl (C=O) groups is 2. The molecule has 3 rings (SSSR count). The predicted octanol–water partition coefficient (Wildman–Crippen LogP) is 2.53. The standard InChI is InChI=1S/C20H20N4O2/c1-20(2,19(21)26)22-18(25)16-13-17(14-9-5-3-6-10-14)24(23-16)15-11-7-4-8-12-15/h3-13H,1-2H3,(H2,21,26)(H,22,25). The highest BCUT2D eigenvalue weighted by Gasteiger charge is 2.28. The first-order valence-corrected chi connectivity index (χ1v) is 8.22. The van der Waals surface area contributed by atoms with Gasteiger partial charge in [-0.2, -0.15) is 5.10 Å². The van der Waals surface area contributed by atoms with Crippen LogP contribution < -0.4 is 11.1 Å². The minimum Gasteiger partial charge on any atom is -0.368 e. The van der Waals surface area contributed by atoms with Crippen molar-refractivity contribution in [1.29, 1.82) is 0 Å². The minimum absolute atomic E-state index is 0.210. The van der Waals surface area contributed by atoms with E-state index in [1.807, 2.05) is 60.7 Å². The molecule has 2 aromatic carbocycles. The number of primary amides is 1. The number of nitrogens with zero attached hydrogens (tertiary/aromatic N) is 2. The summed E-state index contributed by atoms with van der Waals surface area (Å²) in [5.41, 5.74) is 6.92. The molecule has 132 valence electrons. The summed E-state index contributed by atoms with van der Waals surface area (Å²) < 4.78 is 1.71. The Morgan fingerprint density at radius 1 is 1.00 bits per heavy atom. The van der Waals surface area contributed by atoms with Gasteiger partial charge in [0.05, 0.1) is 11.4 Å². The Bertz CT molecular complexity index is 874. The summed E-state index contributed by atoms with van der Waals surface area (Å²) in [5.74, 6) is -1.07. The van der Waals surface area contributed by atoms with E-state index in [0.717, 1.165) is 16.9 Å². The van der Waals surface area contributed by atoms with Crippen molar-refractivity contribution in [3.05, 3.63) is 72.4 Å². The van der Waals surface area contributed by atoms with E-state index in [9.17, 15) is 9.59 Å². The van der Waals surface area contributed by atoms with Crippen molar-refractivity contribution >= 4 is 11.8 Å². The molecule has 1 heterocycles. The number of hydrogen-bond acceptors (Lipinski definition) is 3. The Morgan fingerprint density at radius 2 is 1.58 bits per heavy atom. The van der Waals surface area contributed by atoms with Crippen molar-refractivity contribution in [3.8, 4) is 16.9 Å². The van der Waals surface area contributed by atoms with Gasteiger partial charge < -0.3 is 11.1 Å². The molecule has 0 aliphatic heterocycles. The zero-order chi connectivity index (χ0) is 18.7. The number of carbonyl (C=O) groups excluding carboxylic acids is 2. The minimum atomic E-state index is -1.17. The third-order valence-corrected chi connectivity index (χ3v) is 4.05. The van der Waals surface area contributed by atoms with E-state index >= 15 is 0 Å². The van der Waals surface area contributed by atoms with Crippen molar-refractivity contribution in [2.24, 2.45) is 5.73 Å². The summed E-state index contributed by atoms with van der Waals surface area (Å²) >= 11 is 0. The number of nitrogens with two attached hydrogens (primary N) is 1. The zero-order valence-electron chi connectivity index (χ0n) is 14.6. The Labute approximate surface area is 151 Å². The van der Waals surface area contributed by atoms with Gasteiger partial charge in [0.1, 0.15) is 5.54 Å². The molecule has 0 spiro atoms. The average molecular weight is 348 g/mol. The number of benzene rings is 2. The van der Waals surface area contributed by atoms with Gasteiger partial charge in [0, 0.05) is 5.56 Å². The largest absolute Gasteiger partial charge is 0.368 e. The van der Waals surface area contributed by atoms with Gasteiger partial charge in [-0.1, -0.05) is 48.5 Å². The molecule has 0 atom stereocenters. The van der Waals surface area contributed by atoms with Crippen LogP contribution in [0.1, 0.15) is 24.3 Å². The molecule has 26 heavy (non-hydrogen) atoms. The number of nitrogens with one attached hydrogen (secondary N) is 1. The van der Waals surface area contributed by atoms with Gasteiger partial charge in [-0.3, -0.25) is 9.59 Å². The third-order valence-electron chi connectivity index (χ3n) is 4.05. The summed E-state index contributed by atoms with van der Waals surface area (Å²) in [6.07, 6.45) is 0. The lowest BCUT2D eigenvalue weighted by atomic mass is 10.0. The number of para-hydroxylation sites is 1. The second-order valence-corrected chi connectivity index (χ2v) is 6.47. The van der Waals surface area contributed by atoms with Crippen LogP contribution in [0.25, 0.3) is 16.9 Å². The van der Waals surface area contributed by atoms with E-state index in [1.165, 1.54) is 0 Å². The van der Waals surface area contributed by atoms with E-state index in [-0.39, 0.29) is 5.69 Å². The van der Waals surface area contributed by atoms with E-state index in [4.69, 9.17) is 5.73 Å². The highest BCUT2D eigenvalue weighted by Crippen LogP contribution is 2.24. The maximum Gasteiger partial charge on any atom is 0.272 e. The van der Waals surface area contributed by atoms with Crippen molar-refractivity contribution in [2.45, 2.75) is 19.4 Å². The van der Waals surface area contributed by atoms with E-state index in [0.29, 0.717) is 0 Å². The molecular formula is C20H20N4O2. The van der Waals surface area contributed by atoms with Gasteiger partial charge in [0.2, 0.25) is 5.91 Å². The molecule has 0 saturated carbocycles. The number of aromatic nitrogens is 2. The molecule has 0 unspecified atom stereocenters. The fourth-order valence-electron chi connectivity index (χ4n) is 2.48. The van der Waals surface area contributed by atoms with Crippen LogP contribution in [0.5, 0.6) is 0 Å². The van der Waals surface area contributed by atoms with Crippen molar-refractivity contribution in [1.82, 2.24) is 15.1 Å². The molecule has 0 bridgehead atoms. The Morgan fingerprint density at radius 3 is 2.15 bits per heavy atom. The highest BCUT2D eigenvalue weighted by atomic mass is 16.2. The SMILES string of the molecule is CC(C)(NC(=O)c1cc(-c2ccccc2)n(-c2ccccc2)n1)C(N)=O. The van der Waals surface area contributed by atoms with Crippen molar-refractivity contribution < 1.29 is 9.59 Å². The smallest absolute Gasteiger partial charge is 0.272 e. The number of amides is 2. The second kappa shape index (κ2) is 6.84. The van der Waals surface area contributed by atoms with Crippen LogP contribution in [0.4, 0.5) is 0 Å². The lowest BCUT2D eigenvalue weighted by Crippen LogP contribution is -2.53. The predicted molar refractivity (Wildman–Crippen MR) is 99.7 cm³/mol. The van der Waals surface area contributed by atoms with Crippen molar-refractivity contribution in [3.63, 3.8) is 0 Å². The monoisotopic (exact) mass is 348 g/mol. The van der Waals surface area contributed by atoms with Gasteiger partial charge >= 0.3 is 0 Å². The van der Waals surface area contributed by atoms with Crippen LogP contribution in [0.15, 0.2) is 66.7 Å². The summed E-state index contributed by atoms with van der Waals surface area (Å²) in [7, 11) is 0. The van der Waals surface area contributed by atoms with E-state index in [1.54, 1.807) is 24.6 Å². The Kier molecular flexibility index (Phi) is 4.58. The molecule has 0 radical (unpaired) electrons. The van der Waals surface area contributed by atoms with Crippen LogP contribution in [-0.4, -0.2) is 27.1 Å². The molecule has 3 N–H and O–H groups in total. The third kappa shape index (κ3) is 3.49. The Balaban J connectivity index is 2.05. The average Bonchev–Trinajstić information content (AvgIpc) is 3.08. The second-order valence-electron chi connectivity index (χ2n) is 6.47. The van der Waals surface area contributed by atoms with Crippen LogP contribution in [-0.2, 0) is 4.79 Å². The molecule has 0 aliphatic carbocycles. The van der Waals surface area contributed by atoms with E-state index < -0.39 is 17.4 Å². The zero-order valence-corrected chi connectivity index (χ0v) is 14.6. The molecular weight excluding hydrogens is 328 g/mol. The maximum absolute atomic E-state index is 12.6. The maximum atomic E-state index is 12.6. The molecule has 0 aliphatic rings.